The number of aliphatic carboxylic acids is 2. The minimum absolute atomic E-state index is 0.0909. The van der Waals surface area contributed by atoms with E-state index in [2.05, 4.69) is 0 Å². The summed E-state index contributed by atoms with van der Waals surface area (Å²) in [6.07, 6.45) is 0. The van der Waals surface area contributed by atoms with E-state index in [4.69, 9.17) is 15.9 Å². The first-order chi connectivity index (χ1) is 8.81. The van der Waals surface area contributed by atoms with E-state index in [0.717, 1.165) is 17.0 Å². The van der Waals surface area contributed by atoms with Crippen molar-refractivity contribution in [1.29, 1.82) is 0 Å². The van der Waals surface area contributed by atoms with Crippen molar-refractivity contribution < 1.29 is 29.0 Å². The second kappa shape index (κ2) is 5.80. The fourth-order valence-corrected chi connectivity index (χ4v) is 1.47. The first-order valence-corrected chi connectivity index (χ1v) is 5.09. The number of halogens is 1. The van der Waals surface area contributed by atoms with E-state index in [-0.39, 0.29) is 11.3 Å². The summed E-state index contributed by atoms with van der Waals surface area (Å²) in [5.74, 6) is -4.37. The molecule has 0 saturated heterocycles. The number of rotatable bonds is 6. The van der Waals surface area contributed by atoms with Gasteiger partial charge in [-0.3, -0.25) is 14.4 Å². The van der Waals surface area contributed by atoms with Gasteiger partial charge in [-0.1, -0.05) is 0 Å². The van der Waals surface area contributed by atoms with Gasteiger partial charge in [-0.25, -0.2) is 4.39 Å². The van der Waals surface area contributed by atoms with Gasteiger partial charge in [0.05, 0.1) is 5.69 Å². The highest BCUT2D eigenvalue weighted by Crippen LogP contribution is 2.20. The van der Waals surface area contributed by atoms with Gasteiger partial charge >= 0.3 is 11.9 Å². The molecule has 0 bridgehead atoms. The van der Waals surface area contributed by atoms with Gasteiger partial charge in [0.2, 0.25) is 5.91 Å². The third-order valence-electron chi connectivity index (χ3n) is 2.23. The molecule has 4 N–H and O–H groups in total. The fraction of sp³-hybridized carbons (Fsp3) is 0.182. The molecule has 0 heterocycles. The number of benzene rings is 1. The van der Waals surface area contributed by atoms with Gasteiger partial charge < -0.3 is 20.8 Å². The van der Waals surface area contributed by atoms with Crippen LogP contribution in [0.4, 0.5) is 10.1 Å². The van der Waals surface area contributed by atoms with Crippen LogP contribution >= 0.6 is 0 Å². The molecule has 1 aromatic carbocycles. The van der Waals surface area contributed by atoms with E-state index in [1.165, 1.54) is 6.07 Å². The first-order valence-electron chi connectivity index (χ1n) is 5.09. The molecule has 0 aliphatic heterocycles. The third-order valence-corrected chi connectivity index (χ3v) is 2.23. The highest BCUT2D eigenvalue weighted by molar-refractivity contribution is 5.93. The summed E-state index contributed by atoms with van der Waals surface area (Å²) >= 11 is 0. The zero-order valence-electron chi connectivity index (χ0n) is 9.67. The molecule has 0 aliphatic carbocycles. The van der Waals surface area contributed by atoms with Gasteiger partial charge in [0, 0.05) is 5.56 Å². The zero-order chi connectivity index (χ0) is 14.6. The van der Waals surface area contributed by atoms with Crippen LogP contribution in [0.2, 0.25) is 0 Å². The number of primary amides is 1. The second-order valence-corrected chi connectivity index (χ2v) is 3.67. The summed E-state index contributed by atoms with van der Waals surface area (Å²) in [5, 5.41) is 17.3. The normalized spacial score (nSPS) is 9.95. The standard InChI is InChI=1S/C11H11FN2O5/c12-7-3-6(11(13)19)1-2-8(7)14(4-9(15)16)5-10(17)18/h1-3H,4-5H2,(H2,13,19)(H,15,16)(H,17,18). The largest absolute Gasteiger partial charge is 0.480 e. The van der Waals surface area contributed by atoms with Crippen LogP contribution < -0.4 is 10.6 Å². The molecule has 8 heteroatoms. The molecular weight excluding hydrogens is 259 g/mol. The van der Waals surface area contributed by atoms with Gasteiger partial charge in [-0.2, -0.15) is 0 Å². The monoisotopic (exact) mass is 270 g/mol. The predicted octanol–water partition coefficient (Wildman–Crippen LogP) is -0.0998. The van der Waals surface area contributed by atoms with Gasteiger partial charge in [0.15, 0.2) is 0 Å². The maximum atomic E-state index is 13.7. The van der Waals surface area contributed by atoms with Crippen molar-refractivity contribution in [3.05, 3.63) is 29.6 Å². The van der Waals surface area contributed by atoms with Gasteiger partial charge in [-0.05, 0) is 18.2 Å². The quantitative estimate of drug-likeness (QED) is 0.663. The Labute approximate surface area is 107 Å². The molecule has 1 rings (SSSR count). The van der Waals surface area contributed by atoms with Crippen LogP contribution in [0.1, 0.15) is 10.4 Å². The van der Waals surface area contributed by atoms with Gasteiger partial charge in [0.25, 0.3) is 0 Å². The molecule has 0 radical (unpaired) electrons. The van der Waals surface area contributed by atoms with Crippen molar-refractivity contribution in [2.24, 2.45) is 5.73 Å². The summed E-state index contributed by atoms with van der Waals surface area (Å²) in [5.41, 5.74) is 4.64. The summed E-state index contributed by atoms with van der Waals surface area (Å²) in [7, 11) is 0. The first kappa shape index (κ1) is 14.4. The third kappa shape index (κ3) is 3.95. The number of carboxylic acid groups (broad SMARTS) is 2. The molecule has 102 valence electrons. The molecule has 0 spiro atoms. The number of nitrogens with two attached hydrogens (primary N) is 1. The number of nitrogens with zero attached hydrogens (tertiary/aromatic N) is 1. The Hall–Kier alpha value is -2.64. The lowest BCUT2D eigenvalue weighted by Crippen LogP contribution is -2.35. The number of hydrogen-bond donors (Lipinski definition) is 3. The van der Waals surface area contributed by atoms with E-state index in [1.807, 2.05) is 0 Å². The molecule has 0 aliphatic rings. The molecule has 0 atom stereocenters. The van der Waals surface area contributed by atoms with Crippen LogP contribution in [0.25, 0.3) is 0 Å². The van der Waals surface area contributed by atoms with E-state index in [0.29, 0.717) is 0 Å². The van der Waals surface area contributed by atoms with Crippen LogP contribution in [0.3, 0.4) is 0 Å². The van der Waals surface area contributed by atoms with Crippen molar-refractivity contribution in [2.75, 3.05) is 18.0 Å². The van der Waals surface area contributed by atoms with E-state index in [1.54, 1.807) is 0 Å². The maximum Gasteiger partial charge on any atom is 0.323 e. The molecule has 1 amide bonds. The average Bonchev–Trinajstić information content (AvgIpc) is 2.26. The van der Waals surface area contributed by atoms with Crippen LogP contribution in [-0.2, 0) is 9.59 Å². The Balaban J connectivity index is 3.11. The number of amides is 1. The number of carbonyl (C=O) groups excluding carboxylic acids is 1. The zero-order valence-corrected chi connectivity index (χ0v) is 9.67. The minimum atomic E-state index is -1.31. The second-order valence-electron chi connectivity index (χ2n) is 3.67. The Morgan fingerprint density at radius 2 is 1.68 bits per heavy atom. The summed E-state index contributed by atoms with van der Waals surface area (Å²) in [4.78, 5) is 32.9. The van der Waals surface area contributed by atoms with Gasteiger partial charge in [-0.15, -0.1) is 0 Å². The number of anilines is 1. The summed E-state index contributed by atoms with van der Waals surface area (Å²) in [6, 6.07) is 3.13. The van der Waals surface area contributed by atoms with E-state index in [9.17, 15) is 18.8 Å². The number of hydrogen-bond acceptors (Lipinski definition) is 4. The predicted molar refractivity (Wildman–Crippen MR) is 62.4 cm³/mol. The highest BCUT2D eigenvalue weighted by Gasteiger charge is 2.18. The van der Waals surface area contributed by atoms with Crippen LogP contribution in [0.5, 0.6) is 0 Å². The minimum Gasteiger partial charge on any atom is -0.480 e. The Kier molecular flexibility index (Phi) is 4.41. The Morgan fingerprint density at radius 1 is 1.16 bits per heavy atom. The van der Waals surface area contributed by atoms with Crippen LogP contribution in [-0.4, -0.2) is 41.1 Å². The molecule has 0 aromatic heterocycles. The van der Waals surface area contributed by atoms with E-state index >= 15 is 0 Å². The fourth-order valence-electron chi connectivity index (χ4n) is 1.47. The average molecular weight is 270 g/mol. The molecular formula is C11H11FN2O5. The summed E-state index contributed by atoms with van der Waals surface area (Å²) < 4.78 is 13.7. The number of carbonyl (C=O) groups is 3. The van der Waals surface area contributed by atoms with Crippen molar-refractivity contribution in [3.8, 4) is 0 Å². The lowest BCUT2D eigenvalue weighted by molar-refractivity contribution is -0.136. The summed E-state index contributed by atoms with van der Waals surface area (Å²) in [6.45, 7) is -1.36. The van der Waals surface area contributed by atoms with Gasteiger partial charge in [0.1, 0.15) is 18.9 Å². The lowest BCUT2D eigenvalue weighted by atomic mass is 10.1. The molecule has 1 aromatic rings. The topological polar surface area (TPSA) is 121 Å². The van der Waals surface area contributed by atoms with E-state index < -0.39 is 36.8 Å². The molecule has 0 unspecified atom stereocenters. The van der Waals surface area contributed by atoms with Crippen molar-refractivity contribution >= 4 is 23.5 Å². The SMILES string of the molecule is NC(=O)c1ccc(N(CC(=O)O)CC(=O)O)c(F)c1. The molecule has 19 heavy (non-hydrogen) atoms. The lowest BCUT2D eigenvalue weighted by Gasteiger charge is -2.21. The molecule has 0 saturated carbocycles. The van der Waals surface area contributed by atoms with Crippen molar-refractivity contribution in [1.82, 2.24) is 0 Å². The van der Waals surface area contributed by atoms with Crippen LogP contribution in [0, 0.1) is 5.82 Å². The van der Waals surface area contributed by atoms with Crippen molar-refractivity contribution in [2.45, 2.75) is 0 Å². The number of carboxylic acids is 2. The molecule has 7 nitrogen and oxygen atoms in total. The van der Waals surface area contributed by atoms with Crippen LogP contribution in [0.15, 0.2) is 18.2 Å². The Morgan fingerprint density at radius 3 is 2.05 bits per heavy atom. The highest BCUT2D eigenvalue weighted by atomic mass is 19.1. The van der Waals surface area contributed by atoms with Crippen molar-refractivity contribution in [3.63, 3.8) is 0 Å². The maximum absolute atomic E-state index is 13.7. The smallest absolute Gasteiger partial charge is 0.323 e. The molecule has 0 fully saturated rings. The Bertz CT molecular complexity index is 516.